The predicted molar refractivity (Wildman–Crippen MR) is 105 cm³/mol. The highest BCUT2D eigenvalue weighted by Crippen LogP contribution is 2.56. The van der Waals surface area contributed by atoms with Gasteiger partial charge in [-0.15, -0.1) is 0 Å². The molecular formula is C22H30N2O3. The SMILES string of the molecule is CCCCc1ccc(NC(=O)C2(C)CC3(C)CC(C)(C2)C(=O)NC3=O)cc1. The van der Waals surface area contributed by atoms with E-state index < -0.39 is 16.2 Å². The van der Waals surface area contributed by atoms with E-state index in [4.69, 9.17) is 0 Å². The second-order valence-corrected chi connectivity index (χ2v) is 9.25. The second-order valence-electron chi connectivity index (χ2n) is 9.25. The number of unbranched alkanes of at least 4 members (excludes halogenated alkanes) is 1. The number of imide groups is 1. The molecule has 0 aromatic heterocycles. The van der Waals surface area contributed by atoms with Gasteiger partial charge < -0.3 is 5.32 Å². The number of fused-ring (bicyclic) bond motifs is 2. The Bertz CT molecular complexity index is 742. The maximum absolute atomic E-state index is 13.1. The lowest BCUT2D eigenvalue weighted by Crippen LogP contribution is -2.63. The molecule has 1 aromatic rings. The molecule has 2 atom stereocenters. The number of aryl methyl sites for hydroxylation is 1. The first-order chi connectivity index (χ1) is 12.6. The van der Waals surface area contributed by atoms with Crippen molar-refractivity contribution in [3.05, 3.63) is 29.8 Å². The van der Waals surface area contributed by atoms with Crippen LogP contribution in [0, 0.1) is 16.2 Å². The van der Waals surface area contributed by atoms with E-state index in [1.807, 2.05) is 45.0 Å². The van der Waals surface area contributed by atoms with E-state index in [1.54, 1.807) is 0 Å². The molecule has 2 unspecified atom stereocenters. The van der Waals surface area contributed by atoms with Crippen LogP contribution >= 0.6 is 0 Å². The average molecular weight is 370 g/mol. The number of benzene rings is 1. The lowest BCUT2D eigenvalue weighted by atomic mass is 9.52. The molecule has 27 heavy (non-hydrogen) atoms. The van der Waals surface area contributed by atoms with Gasteiger partial charge in [0.2, 0.25) is 17.7 Å². The fourth-order valence-corrected chi connectivity index (χ4v) is 5.08. The molecule has 3 amide bonds. The van der Waals surface area contributed by atoms with E-state index in [1.165, 1.54) is 5.56 Å². The Morgan fingerprint density at radius 1 is 1.00 bits per heavy atom. The second kappa shape index (κ2) is 6.77. The fraction of sp³-hybridized carbons (Fsp3) is 0.591. The molecule has 146 valence electrons. The van der Waals surface area contributed by atoms with Crippen molar-refractivity contribution in [3.63, 3.8) is 0 Å². The Morgan fingerprint density at radius 3 is 2.07 bits per heavy atom. The first kappa shape index (κ1) is 19.6. The van der Waals surface area contributed by atoms with Crippen molar-refractivity contribution in [2.45, 2.75) is 66.2 Å². The van der Waals surface area contributed by atoms with Crippen LogP contribution in [0.3, 0.4) is 0 Å². The molecule has 3 rings (SSSR count). The molecule has 5 nitrogen and oxygen atoms in total. The van der Waals surface area contributed by atoms with E-state index in [2.05, 4.69) is 17.6 Å². The Balaban J connectivity index is 1.77. The van der Waals surface area contributed by atoms with E-state index in [0.717, 1.165) is 24.9 Å². The van der Waals surface area contributed by atoms with Crippen LogP contribution < -0.4 is 10.6 Å². The Hall–Kier alpha value is -2.17. The molecule has 1 aliphatic carbocycles. The van der Waals surface area contributed by atoms with Gasteiger partial charge in [-0.25, -0.2) is 0 Å². The van der Waals surface area contributed by atoms with E-state index >= 15 is 0 Å². The third kappa shape index (κ3) is 3.64. The number of hydrogen-bond acceptors (Lipinski definition) is 3. The van der Waals surface area contributed by atoms with Crippen LogP contribution in [0.1, 0.15) is 65.4 Å². The number of nitrogens with one attached hydrogen (secondary N) is 2. The standard InChI is InChI=1S/C22H30N2O3/c1-5-6-7-15-8-10-16(11-9-15)23-17(25)20(2)12-21(3)14-22(4,13-20)19(27)24-18(21)26/h8-11H,5-7,12-14H2,1-4H3,(H,23,25)(H,24,26,27). The van der Waals surface area contributed by atoms with E-state index in [9.17, 15) is 14.4 Å². The summed E-state index contributed by atoms with van der Waals surface area (Å²) in [6.07, 6.45) is 4.72. The molecule has 2 bridgehead atoms. The monoisotopic (exact) mass is 370 g/mol. The number of piperidine rings is 1. The molecule has 1 aromatic carbocycles. The Morgan fingerprint density at radius 2 is 1.56 bits per heavy atom. The number of carbonyl (C=O) groups is 3. The smallest absolute Gasteiger partial charge is 0.232 e. The number of amides is 3. The summed E-state index contributed by atoms with van der Waals surface area (Å²) in [5.74, 6) is -0.642. The highest BCUT2D eigenvalue weighted by Gasteiger charge is 2.60. The third-order valence-electron chi connectivity index (χ3n) is 6.24. The van der Waals surface area contributed by atoms with Gasteiger partial charge in [-0.05, 0) is 49.8 Å². The predicted octanol–water partition coefficient (Wildman–Crippen LogP) is 3.83. The zero-order valence-electron chi connectivity index (χ0n) is 16.8. The number of carbonyl (C=O) groups excluding carboxylic acids is 3. The van der Waals surface area contributed by atoms with Crippen LogP contribution in [-0.4, -0.2) is 17.7 Å². The molecule has 2 fully saturated rings. The van der Waals surface area contributed by atoms with Gasteiger partial charge in [0.25, 0.3) is 0 Å². The molecule has 2 aliphatic rings. The van der Waals surface area contributed by atoms with Crippen molar-refractivity contribution in [2.24, 2.45) is 16.2 Å². The summed E-state index contributed by atoms with van der Waals surface area (Å²) in [4.78, 5) is 37.9. The zero-order chi connectivity index (χ0) is 19.9. The number of anilines is 1. The molecule has 1 aliphatic heterocycles. The highest BCUT2D eigenvalue weighted by atomic mass is 16.2. The maximum atomic E-state index is 13.1. The molecule has 1 heterocycles. The first-order valence-electron chi connectivity index (χ1n) is 9.87. The first-order valence-corrected chi connectivity index (χ1v) is 9.87. The molecular weight excluding hydrogens is 340 g/mol. The average Bonchev–Trinajstić information content (AvgIpc) is 2.59. The van der Waals surface area contributed by atoms with Crippen LogP contribution in [0.2, 0.25) is 0 Å². The van der Waals surface area contributed by atoms with Crippen LogP contribution in [0.15, 0.2) is 24.3 Å². The quantitative estimate of drug-likeness (QED) is 0.774. The topological polar surface area (TPSA) is 75.3 Å². The van der Waals surface area contributed by atoms with Crippen LogP contribution in [-0.2, 0) is 20.8 Å². The molecule has 0 spiro atoms. The lowest BCUT2D eigenvalue weighted by molar-refractivity contribution is -0.163. The Labute approximate surface area is 161 Å². The summed E-state index contributed by atoms with van der Waals surface area (Å²) < 4.78 is 0. The van der Waals surface area contributed by atoms with Crippen LogP contribution in [0.5, 0.6) is 0 Å². The van der Waals surface area contributed by atoms with Crippen molar-refractivity contribution >= 4 is 23.4 Å². The number of hydrogen-bond donors (Lipinski definition) is 2. The van der Waals surface area contributed by atoms with Crippen molar-refractivity contribution in [2.75, 3.05) is 5.32 Å². The van der Waals surface area contributed by atoms with Gasteiger partial charge in [-0.1, -0.05) is 46.2 Å². The van der Waals surface area contributed by atoms with Crippen molar-refractivity contribution in [3.8, 4) is 0 Å². The van der Waals surface area contributed by atoms with Gasteiger partial charge >= 0.3 is 0 Å². The van der Waals surface area contributed by atoms with Gasteiger partial charge in [0.1, 0.15) is 0 Å². The van der Waals surface area contributed by atoms with Gasteiger partial charge in [0.05, 0.1) is 0 Å². The van der Waals surface area contributed by atoms with Crippen molar-refractivity contribution in [1.82, 2.24) is 5.32 Å². The largest absolute Gasteiger partial charge is 0.326 e. The highest BCUT2D eigenvalue weighted by molar-refractivity contribution is 6.05. The Kier molecular flexibility index (Phi) is 4.91. The van der Waals surface area contributed by atoms with Gasteiger partial charge in [0.15, 0.2) is 0 Å². The molecule has 0 radical (unpaired) electrons. The number of rotatable bonds is 5. The van der Waals surface area contributed by atoms with E-state index in [0.29, 0.717) is 19.3 Å². The van der Waals surface area contributed by atoms with Crippen molar-refractivity contribution < 1.29 is 14.4 Å². The molecule has 1 saturated heterocycles. The van der Waals surface area contributed by atoms with Crippen LogP contribution in [0.25, 0.3) is 0 Å². The summed E-state index contributed by atoms with van der Waals surface area (Å²) in [6.45, 7) is 7.76. The molecule has 2 N–H and O–H groups in total. The van der Waals surface area contributed by atoms with Gasteiger partial charge in [-0.3, -0.25) is 19.7 Å². The van der Waals surface area contributed by atoms with Gasteiger partial charge in [0, 0.05) is 21.9 Å². The minimum absolute atomic E-state index is 0.122. The summed E-state index contributed by atoms with van der Waals surface area (Å²) in [6, 6.07) is 7.94. The molecule has 5 heteroatoms. The summed E-state index contributed by atoms with van der Waals surface area (Å²) in [5, 5.41) is 5.51. The fourth-order valence-electron chi connectivity index (χ4n) is 5.08. The lowest BCUT2D eigenvalue weighted by Gasteiger charge is -2.53. The summed E-state index contributed by atoms with van der Waals surface area (Å²) in [5.41, 5.74) is -0.150. The van der Waals surface area contributed by atoms with Gasteiger partial charge in [-0.2, -0.15) is 0 Å². The minimum Gasteiger partial charge on any atom is -0.326 e. The zero-order valence-corrected chi connectivity index (χ0v) is 16.8. The summed E-state index contributed by atoms with van der Waals surface area (Å²) >= 11 is 0. The normalized spacial score (nSPS) is 32.7. The van der Waals surface area contributed by atoms with E-state index in [-0.39, 0.29) is 17.7 Å². The third-order valence-corrected chi connectivity index (χ3v) is 6.24. The minimum atomic E-state index is -0.768. The maximum Gasteiger partial charge on any atom is 0.232 e. The van der Waals surface area contributed by atoms with Crippen LogP contribution in [0.4, 0.5) is 5.69 Å². The van der Waals surface area contributed by atoms with Crippen molar-refractivity contribution in [1.29, 1.82) is 0 Å². The summed E-state index contributed by atoms with van der Waals surface area (Å²) in [7, 11) is 0. The molecule has 1 saturated carbocycles.